The lowest BCUT2D eigenvalue weighted by molar-refractivity contribution is 0.242. The molecule has 1 atom stereocenters. The second-order valence-corrected chi connectivity index (χ2v) is 4.36. The maximum absolute atomic E-state index is 13.6. The highest BCUT2D eigenvalue weighted by Gasteiger charge is 2.25. The smallest absolute Gasteiger partial charge is 0.131 e. The van der Waals surface area contributed by atoms with Gasteiger partial charge < -0.3 is 10.5 Å². The Morgan fingerprint density at radius 2 is 2.33 bits per heavy atom. The van der Waals surface area contributed by atoms with Gasteiger partial charge in [0.2, 0.25) is 0 Å². The Morgan fingerprint density at radius 1 is 1.44 bits per heavy atom. The Balaban J connectivity index is 2.12. The molecule has 18 heavy (non-hydrogen) atoms. The van der Waals surface area contributed by atoms with E-state index in [2.05, 4.69) is 4.98 Å². The molecular weight excluding hydrogens is 231 g/mol. The van der Waals surface area contributed by atoms with E-state index in [1.807, 2.05) is 12.1 Å². The molecule has 4 heteroatoms. The van der Waals surface area contributed by atoms with Crippen molar-refractivity contribution in [3.8, 4) is 16.9 Å². The van der Waals surface area contributed by atoms with Crippen LogP contribution in [0.5, 0.6) is 5.75 Å². The summed E-state index contributed by atoms with van der Waals surface area (Å²) >= 11 is 0. The van der Waals surface area contributed by atoms with Crippen LogP contribution in [0.3, 0.4) is 0 Å². The van der Waals surface area contributed by atoms with Crippen molar-refractivity contribution in [1.82, 2.24) is 4.98 Å². The van der Waals surface area contributed by atoms with Gasteiger partial charge in [-0.15, -0.1) is 0 Å². The molecule has 3 nitrogen and oxygen atoms in total. The molecule has 3 rings (SSSR count). The molecule has 2 heterocycles. The number of aromatic nitrogens is 1. The van der Waals surface area contributed by atoms with Crippen LogP contribution in [0.15, 0.2) is 36.7 Å². The second kappa shape index (κ2) is 4.38. The molecule has 0 bridgehead atoms. The van der Waals surface area contributed by atoms with Crippen molar-refractivity contribution < 1.29 is 9.13 Å². The normalized spacial score (nSPS) is 17.3. The van der Waals surface area contributed by atoms with Gasteiger partial charge in [-0.2, -0.15) is 0 Å². The van der Waals surface area contributed by atoms with Crippen LogP contribution in [-0.2, 0) is 6.42 Å². The van der Waals surface area contributed by atoms with Crippen LogP contribution in [0, 0.1) is 5.82 Å². The summed E-state index contributed by atoms with van der Waals surface area (Å²) in [6.07, 6.45) is 4.00. The summed E-state index contributed by atoms with van der Waals surface area (Å²) in [5, 5.41) is 0. The number of rotatable bonds is 2. The highest BCUT2D eigenvalue weighted by atomic mass is 19.1. The topological polar surface area (TPSA) is 48.1 Å². The van der Waals surface area contributed by atoms with Crippen molar-refractivity contribution in [3.63, 3.8) is 0 Å². The Labute approximate surface area is 104 Å². The van der Waals surface area contributed by atoms with Crippen LogP contribution in [0.4, 0.5) is 4.39 Å². The van der Waals surface area contributed by atoms with E-state index in [1.165, 1.54) is 12.1 Å². The lowest BCUT2D eigenvalue weighted by atomic mass is 10.0. The SMILES string of the molecule is NC[C@@H]1Cc2cc(F)cc(-c3cccnc3)c2O1. The van der Waals surface area contributed by atoms with Gasteiger partial charge in [-0.3, -0.25) is 4.98 Å². The van der Waals surface area contributed by atoms with E-state index < -0.39 is 0 Å². The minimum atomic E-state index is -0.256. The van der Waals surface area contributed by atoms with Crippen molar-refractivity contribution in [2.75, 3.05) is 6.54 Å². The lowest BCUT2D eigenvalue weighted by Gasteiger charge is -2.10. The maximum Gasteiger partial charge on any atom is 0.131 e. The number of hydrogen-bond acceptors (Lipinski definition) is 3. The molecule has 0 fully saturated rings. The van der Waals surface area contributed by atoms with E-state index in [0.29, 0.717) is 13.0 Å². The summed E-state index contributed by atoms with van der Waals surface area (Å²) in [7, 11) is 0. The van der Waals surface area contributed by atoms with Crippen LogP contribution < -0.4 is 10.5 Å². The predicted octanol–water partition coefficient (Wildman–Crippen LogP) is 2.15. The first-order valence-electron chi connectivity index (χ1n) is 5.87. The molecule has 0 aliphatic carbocycles. The molecule has 1 aromatic carbocycles. The van der Waals surface area contributed by atoms with E-state index in [4.69, 9.17) is 10.5 Å². The van der Waals surface area contributed by atoms with Gasteiger partial charge in [-0.05, 0) is 18.2 Å². The fourth-order valence-corrected chi connectivity index (χ4v) is 2.26. The summed E-state index contributed by atoms with van der Waals surface area (Å²) in [6, 6.07) is 6.71. The fourth-order valence-electron chi connectivity index (χ4n) is 2.26. The molecule has 0 radical (unpaired) electrons. The third-order valence-electron chi connectivity index (χ3n) is 3.10. The molecule has 1 aromatic heterocycles. The van der Waals surface area contributed by atoms with Gasteiger partial charge in [0, 0.05) is 42.0 Å². The summed E-state index contributed by atoms with van der Waals surface area (Å²) < 4.78 is 19.4. The van der Waals surface area contributed by atoms with Crippen molar-refractivity contribution in [1.29, 1.82) is 0 Å². The summed E-state index contributed by atoms with van der Waals surface area (Å²) in [4.78, 5) is 4.05. The molecule has 0 unspecified atom stereocenters. The van der Waals surface area contributed by atoms with E-state index in [-0.39, 0.29) is 11.9 Å². The minimum absolute atomic E-state index is 0.0581. The molecule has 1 aliphatic rings. The second-order valence-electron chi connectivity index (χ2n) is 4.36. The van der Waals surface area contributed by atoms with Crippen LogP contribution in [0.2, 0.25) is 0 Å². The van der Waals surface area contributed by atoms with E-state index in [0.717, 1.165) is 22.4 Å². The number of pyridine rings is 1. The van der Waals surface area contributed by atoms with Gasteiger partial charge in [-0.25, -0.2) is 4.39 Å². The molecular formula is C14H13FN2O. The highest BCUT2D eigenvalue weighted by Crippen LogP contribution is 2.39. The minimum Gasteiger partial charge on any atom is -0.488 e. The standard InChI is InChI=1S/C14H13FN2O/c15-11-4-10-5-12(7-16)18-14(10)13(6-11)9-2-1-3-17-8-9/h1-4,6,8,12H,5,7,16H2/t12-/m0/s1. The van der Waals surface area contributed by atoms with Gasteiger partial charge >= 0.3 is 0 Å². The average molecular weight is 244 g/mol. The Hall–Kier alpha value is -1.94. The first kappa shape index (κ1) is 11.2. The van der Waals surface area contributed by atoms with Gasteiger partial charge in [0.05, 0.1) is 0 Å². The van der Waals surface area contributed by atoms with Crippen LogP contribution >= 0.6 is 0 Å². The van der Waals surface area contributed by atoms with Gasteiger partial charge in [0.15, 0.2) is 0 Å². The van der Waals surface area contributed by atoms with Gasteiger partial charge in [-0.1, -0.05) is 6.07 Å². The lowest BCUT2D eigenvalue weighted by Crippen LogP contribution is -2.24. The van der Waals surface area contributed by atoms with Crippen molar-refractivity contribution in [2.24, 2.45) is 5.73 Å². The van der Waals surface area contributed by atoms with E-state index in [1.54, 1.807) is 12.4 Å². The third kappa shape index (κ3) is 1.84. The van der Waals surface area contributed by atoms with Crippen LogP contribution in [0.25, 0.3) is 11.1 Å². The Kier molecular flexibility index (Phi) is 2.72. The molecule has 2 N–H and O–H groups in total. The molecule has 1 aliphatic heterocycles. The number of ether oxygens (including phenoxy) is 1. The maximum atomic E-state index is 13.6. The quantitative estimate of drug-likeness (QED) is 0.880. The number of nitrogens with two attached hydrogens (primary N) is 1. The number of halogens is 1. The fraction of sp³-hybridized carbons (Fsp3) is 0.214. The van der Waals surface area contributed by atoms with Crippen molar-refractivity contribution in [2.45, 2.75) is 12.5 Å². The Morgan fingerprint density at radius 3 is 3.06 bits per heavy atom. The third-order valence-corrected chi connectivity index (χ3v) is 3.10. The summed E-state index contributed by atoms with van der Waals surface area (Å²) in [5.41, 5.74) is 8.09. The van der Waals surface area contributed by atoms with Gasteiger partial charge in [0.1, 0.15) is 17.7 Å². The zero-order chi connectivity index (χ0) is 12.5. The number of nitrogens with zero attached hydrogens (tertiary/aromatic N) is 1. The van der Waals surface area contributed by atoms with Crippen molar-refractivity contribution in [3.05, 3.63) is 48.0 Å². The first-order chi connectivity index (χ1) is 8.78. The van der Waals surface area contributed by atoms with Gasteiger partial charge in [0.25, 0.3) is 0 Å². The number of fused-ring (bicyclic) bond motifs is 1. The molecule has 92 valence electrons. The molecule has 0 saturated carbocycles. The monoisotopic (exact) mass is 244 g/mol. The molecule has 0 saturated heterocycles. The zero-order valence-corrected chi connectivity index (χ0v) is 9.77. The Bertz CT molecular complexity index is 572. The molecule has 0 spiro atoms. The molecule has 0 amide bonds. The van der Waals surface area contributed by atoms with Crippen LogP contribution in [0.1, 0.15) is 5.56 Å². The predicted molar refractivity (Wildman–Crippen MR) is 66.8 cm³/mol. The summed E-state index contributed by atoms with van der Waals surface area (Å²) in [5.74, 6) is 0.480. The largest absolute Gasteiger partial charge is 0.488 e. The number of benzene rings is 1. The van der Waals surface area contributed by atoms with E-state index in [9.17, 15) is 4.39 Å². The molecule has 2 aromatic rings. The van der Waals surface area contributed by atoms with Crippen LogP contribution in [-0.4, -0.2) is 17.6 Å². The first-order valence-corrected chi connectivity index (χ1v) is 5.87. The van der Waals surface area contributed by atoms with E-state index >= 15 is 0 Å². The zero-order valence-electron chi connectivity index (χ0n) is 9.77. The average Bonchev–Trinajstić information content (AvgIpc) is 2.81. The summed E-state index contributed by atoms with van der Waals surface area (Å²) in [6.45, 7) is 0.433. The number of hydrogen-bond donors (Lipinski definition) is 1. The van der Waals surface area contributed by atoms with Crippen molar-refractivity contribution >= 4 is 0 Å². The highest BCUT2D eigenvalue weighted by molar-refractivity contribution is 5.72.